The van der Waals surface area contributed by atoms with E-state index in [0.717, 1.165) is 6.54 Å². The fraction of sp³-hybridized carbons (Fsp3) is 0.300. The van der Waals surface area contributed by atoms with Crippen LogP contribution in [-0.4, -0.2) is 114 Å². The maximum Gasteiger partial charge on any atom is 2.00 e. The number of hydrogen-bond acceptors (Lipinski definition) is 18. The van der Waals surface area contributed by atoms with Crippen molar-refractivity contribution in [1.82, 2.24) is 44.9 Å². The van der Waals surface area contributed by atoms with Crippen LogP contribution in [0.3, 0.4) is 0 Å². The Labute approximate surface area is 508 Å². The van der Waals surface area contributed by atoms with Gasteiger partial charge in [-0.3, -0.25) is 0 Å². The van der Waals surface area contributed by atoms with Gasteiger partial charge in [-0.2, -0.15) is 129 Å². The second-order valence-corrected chi connectivity index (χ2v) is 19.0. The number of nitrogens with one attached hydrogen (secondary N) is 1. The molecule has 460 valence electrons. The van der Waals surface area contributed by atoms with Gasteiger partial charge in [0.1, 0.15) is 0 Å². The van der Waals surface area contributed by atoms with E-state index < -0.39 is 180 Å². The summed E-state index contributed by atoms with van der Waals surface area (Å²) >= 11 is 0. The van der Waals surface area contributed by atoms with Gasteiger partial charge in [-0.05, 0) is 24.0 Å². The summed E-state index contributed by atoms with van der Waals surface area (Å²) < 4.78 is 395. The first-order chi connectivity index (χ1) is 36.4. The minimum atomic E-state index is -6.15. The van der Waals surface area contributed by atoms with Crippen LogP contribution in [0.25, 0.3) is 19.9 Å². The third-order valence-corrected chi connectivity index (χ3v) is 9.85. The van der Waals surface area contributed by atoms with Crippen LogP contribution >= 0.6 is 0 Å². The summed E-state index contributed by atoms with van der Waals surface area (Å²) in [4.78, 5) is 20.9. The Morgan fingerprint density at radius 3 is 0.929 bits per heavy atom. The summed E-state index contributed by atoms with van der Waals surface area (Å²) in [5.41, 5.74) is -7.52. The maximum absolute atomic E-state index is 12.9. The number of alkyl halides is 9. The Hall–Kier alpha value is -4.54. The number of halogens is 25. The summed E-state index contributed by atoms with van der Waals surface area (Å²) in [6.07, 6.45) is -6.51. The van der Waals surface area contributed by atoms with Crippen LogP contribution < -0.4 is 64.8 Å². The summed E-state index contributed by atoms with van der Waals surface area (Å²) in [5.74, 6) is -30.2. The van der Waals surface area contributed by atoms with Crippen molar-refractivity contribution in [2.75, 3.05) is 19.3 Å². The average molecular weight is 1420 g/mol. The van der Waals surface area contributed by atoms with Crippen molar-refractivity contribution in [3.63, 3.8) is 0 Å². The molecule has 3 N–H and O–H groups in total. The number of aromatic nitrogens is 9. The molecule has 0 atom stereocenters. The SMILES string of the molecule is CCN.CC[NH-].CS(=O)(=O)[N-]c1nc(F)nc(F)c1F.Fc1nc(F)c(F)c(F)n1.O=S(=O)(Cc1cc(F)nc(F)c1F)C(F)(F)F.O=S(=O)([N-]c1nc(F)nc(F)c1F)C(F)(F)F.O=S(=O)([N-]c1nc(F)nc(F)c1F)C(F)(F)F.[Na+].[Na+].[Zn+2]. The smallest absolute Gasteiger partial charge is 0.678 e. The first-order valence-electron chi connectivity index (χ1n) is 18.2. The number of sulfone groups is 1. The Morgan fingerprint density at radius 1 is 0.440 bits per heavy atom. The van der Waals surface area contributed by atoms with E-state index >= 15 is 0 Å². The van der Waals surface area contributed by atoms with Gasteiger partial charge in [-0.15, -0.1) is 0 Å². The molecule has 0 aliphatic carbocycles. The molecule has 0 amide bonds. The normalized spacial score (nSPS) is 11.2. The van der Waals surface area contributed by atoms with Crippen LogP contribution in [0, 0.1) is 95.0 Å². The number of nitrogens with two attached hydrogens (primary N) is 1. The van der Waals surface area contributed by atoms with Crippen LogP contribution in [0.5, 0.6) is 0 Å². The second kappa shape index (κ2) is 36.6. The van der Waals surface area contributed by atoms with E-state index in [0.29, 0.717) is 12.8 Å². The molecule has 5 aromatic heterocycles. The summed E-state index contributed by atoms with van der Waals surface area (Å²) in [6.45, 7) is 4.94. The van der Waals surface area contributed by atoms with Crippen LogP contribution in [0.1, 0.15) is 19.4 Å². The van der Waals surface area contributed by atoms with Crippen LogP contribution in [0.2, 0.25) is 0 Å². The predicted octanol–water partition coefficient (Wildman–Crippen LogP) is 2.35. The molecule has 84 heavy (non-hydrogen) atoms. The van der Waals surface area contributed by atoms with Gasteiger partial charge in [0, 0.05) is 17.9 Å². The molecule has 0 bridgehead atoms. The molecule has 0 fully saturated rings. The van der Waals surface area contributed by atoms with Crippen molar-refractivity contribution in [2.45, 2.75) is 36.1 Å². The molecule has 0 aliphatic heterocycles. The molecule has 22 nitrogen and oxygen atoms in total. The molecule has 0 saturated heterocycles. The van der Waals surface area contributed by atoms with Crippen molar-refractivity contribution < 1.29 is 222 Å². The van der Waals surface area contributed by atoms with Crippen LogP contribution in [-0.2, 0) is 65.1 Å². The summed E-state index contributed by atoms with van der Waals surface area (Å²) in [6, 6.07) is 0.0850. The minimum absolute atomic E-state index is 0. The van der Waals surface area contributed by atoms with Gasteiger partial charge in [0.2, 0.25) is 30.0 Å². The van der Waals surface area contributed by atoms with Crippen molar-refractivity contribution in [3.8, 4) is 0 Å². The first kappa shape index (κ1) is 88.2. The monoisotopic (exact) mass is 1420 g/mol. The Kier molecular flexibility index (Phi) is 38.4. The Balaban J connectivity index is -0.000000302. The molecule has 0 radical (unpaired) electrons. The molecular weight excluding hydrogens is 1400 g/mol. The van der Waals surface area contributed by atoms with Gasteiger partial charge in [-0.25, -0.2) is 51.2 Å². The van der Waals surface area contributed by atoms with Gasteiger partial charge >= 0.3 is 101 Å². The molecule has 0 aliphatic rings. The predicted molar refractivity (Wildman–Crippen MR) is 214 cm³/mol. The first-order valence-corrected chi connectivity index (χ1v) is 24.6. The quantitative estimate of drug-likeness (QED) is 0.0766. The molecule has 5 aromatic rings. The molecule has 5 rings (SSSR count). The molecule has 0 aromatic carbocycles. The van der Waals surface area contributed by atoms with Gasteiger partial charge in [0.15, 0.2) is 33.3 Å². The van der Waals surface area contributed by atoms with E-state index in [4.69, 9.17) is 11.5 Å². The number of rotatable bonds is 8. The average Bonchev–Trinajstić information content (AvgIpc) is 3.26. The summed E-state index contributed by atoms with van der Waals surface area (Å²) in [7, 11) is -22.0. The van der Waals surface area contributed by atoms with E-state index in [9.17, 15) is 143 Å². The van der Waals surface area contributed by atoms with Crippen molar-refractivity contribution in [2.24, 2.45) is 5.73 Å². The second-order valence-electron chi connectivity index (χ2n) is 12.2. The third-order valence-electron chi connectivity index (χ3n) is 5.95. The number of nitrogens with zero attached hydrogens (tertiary/aromatic N) is 12. The number of sulfonamides is 3. The molecule has 0 unspecified atom stereocenters. The number of hydrogen-bond donors (Lipinski definition) is 1. The van der Waals surface area contributed by atoms with Crippen molar-refractivity contribution in [3.05, 3.63) is 127 Å². The summed E-state index contributed by atoms with van der Waals surface area (Å²) in [5, 5.41) is 0. The fourth-order valence-electron chi connectivity index (χ4n) is 3.10. The molecule has 5 heterocycles. The van der Waals surface area contributed by atoms with Crippen LogP contribution in [0.4, 0.5) is 127 Å². The maximum atomic E-state index is 12.9. The van der Waals surface area contributed by atoms with Crippen molar-refractivity contribution >= 4 is 57.4 Å². The Bertz CT molecular complexity index is 3170. The molecule has 0 saturated carbocycles. The standard InChI is InChI=1S/C7H3F6NO2S.2C5F6N3O2S.C5H3F3N3O2S.C4F4N2.C2H7N.C2H6N.2Na.Zn/c8-4-1-3(5(9)6(10)14-4)2-17(15,16)7(11,12)13;2*6-1-2(7)12-4(8)13-3(1)14-17(15,16)5(9,10)11;1-14(12,13)11-4-2(6)3(7)9-5(8)10-4;5-1-2(6)9-4(8)10-3(1)7;2*1-2-3;;;/h1H,2H2;;;1H3;;2-3H2,1H3;3H,2H2,1H3;;;/q;3*-1;;;-1;2*+1;+2. The topological polar surface area (TPSA) is 345 Å². The third kappa shape index (κ3) is 30.2. The fourth-order valence-corrected chi connectivity index (χ4v) is 5.22. The zero-order chi connectivity index (χ0) is 64.4. The van der Waals surface area contributed by atoms with Crippen molar-refractivity contribution in [1.29, 1.82) is 0 Å². The largest absolute Gasteiger partial charge is 2.00 e. The van der Waals surface area contributed by atoms with Gasteiger partial charge < -0.3 is 40.6 Å². The zero-order valence-electron chi connectivity index (χ0n) is 40.7. The van der Waals surface area contributed by atoms with Gasteiger partial charge in [0.25, 0.3) is 65.6 Å². The molecular formula is C30H19F25N14Na2O8S4Zn. The Morgan fingerprint density at radius 2 is 0.679 bits per heavy atom. The van der Waals surface area contributed by atoms with Gasteiger partial charge in [0.05, 0.1) is 5.75 Å². The zero-order valence-corrected chi connectivity index (χ0v) is 50.9. The minimum Gasteiger partial charge on any atom is -0.678 e. The molecule has 54 heteroatoms. The van der Waals surface area contributed by atoms with E-state index in [1.54, 1.807) is 6.92 Å². The van der Waals surface area contributed by atoms with Gasteiger partial charge in [-0.1, -0.05) is 13.8 Å². The van der Waals surface area contributed by atoms with E-state index in [1.165, 1.54) is 0 Å². The van der Waals surface area contributed by atoms with Crippen LogP contribution in [0.15, 0.2) is 6.07 Å². The molecule has 0 spiro atoms. The van der Waals surface area contributed by atoms with E-state index in [1.807, 2.05) is 16.4 Å². The van der Waals surface area contributed by atoms with E-state index in [2.05, 4.69) is 49.6 Å². The number of pyridine rings is 1. The van der Waals surface area contributed by atoms with E-state index in [-0.39, 0.29) is 84.7 Å².